The third-order valence-corrected chi connectivity index (χ3v) is 8.88. The third kappa shape index (κ3) is 4.04. The van der Waals surface area contributed by atoms with Gasteiger partial charge in [-0.05, 0) is 40.7 Å². The lowest BCUT2D eigenvalue weighted by Crippen LogP contribution is -2.57. The first-order valence-corrected chi connectivity index (χ1v) is 13.4. The van der Waals surface area contributed by atoms with Crippen LogP contribution in [0, 0.1) is 10.8 Å². The van der Waals surface area contributed by atoms with E-state index in [1.165, 1.54) is 28.4 Å². The first-order valence-electron chi connectivity index (χ1n) is 13.4. The molecule has 3 aromatic carbocycles. The maximum Gasteiger partial charge on any atom is 0.324 e. The van der Waals surface area contributed by atoms with Gasteiger partial charge in [0.1, 0.15) is 0 Å². The highest BCUT2D eigenvalue weighted by Gasteiger charge is 2.68. The van der Waals surface area contributed by atoms with Gasteiger partial charge in [0.05, 0.1) is 28.4 Å². The van der Waals surface area contributed by atoms with Crippen molar-refractivity contribution < 1.29 is 38.1 Å². The van der Waals surface area contributed by atoms with Gasteiger partial charge in [-0.3, -0.25) is 19.2 Å². The summed E-state index contributed by atoms with van der Waals surface area (Å²) in [4.78, 5) is 55.5. The Labute approximate surface area is 238 Å². The molecule has 3 atom stereocenters. The number of carbonyl (C=O) groups excluding carboxylic acids is 4. The van der Waals surface area contributed by atoms with E-state index in [-0.39, 0.29) is 18.8 Å². The Bertz CT molecular complexity index is 1450. The molecule has 0 saturated heterocycles. The maximum absolute atomic E-state index is 13.9. The van der Waals surface area contributed by atoms with Gasteiger partial charge < -0.3 is 18.9 Å². The second-order valence-electron chi connectivity index (χ2n) is 10.5. The quantitative estimate of drug-likeness (QED) is 0.248. The van der Waals surface area contributed by atoms with Gasteiger partial charge >= 0.3 is 23.9 Å². The summed E-state index contributed by atoms with van der Waals surface area (Å²) < 4.78 is 21.2. The number of carbonyl (C=O) groups is 4. The Morgan fingerprint density at radius 1 is 0.561 bits per heavy atom. The van der Waals surface area contributed by atoms with Crippen LogP contribution >= 0.6 is 0 Å². The fourth-order valence-electron chi connectivity index (χ4n) is 7.20. The number of methoxy groups -OCH3 is 4. The molecule has 3 aromatic rings. The molecule has 0 fully saturated rings. The number of hydrogen-bond acceptors (Lipinski definition) is 8. The SMILES string of the molecule is COC(=O)C1(C(=O)OC)C[C@@H]2c3c(cccc3[C@H]1c1ccccc1)[C@@H](c1ccccc1)CC2(C(=O)OC)C(=O)OC. The third-order valence-electron chi connectivity index (χ3n) is 8.88. The Hall–Kier alpha value is -4.46. The van der Waals surface area contributed by atoms with Gasteiger partial charge in [0.25, 0.3) is 0 Å². The average Bonchev–Trinajstić information content (AvgIpc) is 3.03. The summed E-state index contributed by atoms with van der Waals surface area (Å²) in [5, 5.41) is 0. The minimum atomic E-state index is -1.91. The lowest BCUT2D eigenvalue weighted by atomic mass is 9.48. The van der Waals surface area contributed by atoms with Crippen LogP contribution in [0.5, 0.6) is 0 Å². The van der Waals surface area contributed by atoms with Crippen molar-refractivity contribution in [2.24, 2.45) is 10.8 Å². The van der Waals surface area contributed by atoms with Crippen LogP contribution in [0.15, 0.2) is 78.9 Å². The van der Waals surface area contributed by atoms with E-state index < -0.39 is 46.5 Å². The molecule has 0 unspecified atom stereocenters. The van der Waals surface area contributed by atoms with E-state index in [2.05, 4.69) is 0 Å². The number of hydrogen-bond donors (Lipinski definition) is 0. The molecule has 0 radical (unpaired) electrons. The smallest absolute Gasteiger partial charge is 0.324 e. The summed E-state index contributed by atoms with van der Waals surface area (Å²) in [5.74, 6) is -5.37. The molecule has 0 heterocycles. The summed E-state index contributed by atoms with van der Waals surface area (Å²) >= 11 is 0. The van der Waals surface area contributed by atoms with E-state index in [0.717, 1.165) is 16.7 Å². The summed E-state index contributed by atoms with van der Waals surface area (Å²) in [5.41, 5.74) is 0.103. The van der Waals surface area contributed by atoms with Crippen LogP contribution in [0.25, 0.3) is 0 Å². The van der Waals surface area contributed by atoms with Gasteiger partial charge in [0.2, 0.25) is 0 Å². The highest BCUT2D eigenvalue weighted by atomic mass is 16.6. The topological polar surface area (TPSA) is 105 Å². The van der Waals surface area contributed by atoms with Crippen molar-refractivity contribution in [2.45, 2.75) is 30.6 Å². The van der Waals surface area contributed by atoms with Crippen LogP contribution in [-0.2, 0) is 38.1 Å². The van der Waals surface area contributed by atoms with E-state index in [4.69, 9.17) is 18.9 Å². The van der Waals surface area contributed by atoms with Gasteiger partial charge in [-0.25, -0.2) is 0 Å². The van der Waals surface area contributed by atoms with Crippen molar-refractivity contribution >= 4 is 23.9 Å². The zero-order valence-electron chi connectivity index (χ0n) is 23.4. The van der Waals surface area contributed by atoms with Crippen LogP contribution in [0.2, 0.25) is 0 Å². The van der Waals surface area contributed by atoms with Crippen molar-refractivity contribution in [1.82, 2.24) is 0 Å². The van der Waals surface area contributed by atoms with Gasteiger partial charge in [-0.1, -0.05) is 78.9 Å². The van der Waals surface area contributed by atoms with E-state index in [1.54, 1.807) is 0 Å². The monoisotopic (exact) mass is 556 g/mol. The molecule has 0 bridgehead atoms. The molecule has 2 aliphatic rings. The molecule has 2 aliphatic carbocycles. The molecule has 8 heteroatoms. The minimum Gasteiger partial charge on any atom is -0.468 e. The molecule has 212 valence electrons. The average molecular weight is 557 g/mol. The fourth-order valence-corrected chi connectivity index (χ4v) is 7.20. The van der Waals surface area contributed by atoms with Crippen LogP contribution in [0.1, 0.15) is 58.4 Å². The molecule has 0 saturated carbocycles. The summed E-state index contributed by atoms with van der Waals surface area (Å²) in [6.45, 7) is 0. The van der Waals surface area contributed by atoms with Crippen LogP contribution in [0.3, 0.4) is 0 Å². The molecule has 0 aliphatic heterocycles. The largest absolute Gasteiger partial charge is 0.468 e. The van der Waals surface area contributed by atoms with E-state index in [0.29, 0.717) is 11.1 Å². The Morgan fingerprint density at radius 3 is 1.54 bits per heavy atom. The van der Waals surface area contributed by atoms with Crippen molar-refractivity contribution in [1.29, 1.82) is 0 Å². The number of benzene rings is 3. The molecule has 41 heavy (non-hydrogen) atoms. The van der Waals surface area contributed by atoms with Crippen LogP contribution in [0.4, 0.5) is 0 Å². The minimum absolute atomic E-state index is 0.0198. The first kappa shape index (κ1) is 28.1. The number of ether oxygens (including phenoxy) is 4. The predicted octanol–water partition coefficient (Wildman–Crippen LogP) is 4.51. The van der Waals surface area contributed by atoms with E-state index >= 15 is 0 Å². The highest BCUT2D eigenvalue weighted by molar-refractivity contribution is 6.05. The molecule has 0 amide bonds. The maximum atomic E-state index is 13.9. The molecular weight excluding hydrogens is 524 g/mol. The van der Waals surface area contributed by atoms with Gasteiger partial charge in [0, 0.05) is 17.8 Å². The van der Waals surface area contributed by atoms with Crippen molar-refractivity contribution in [3.63, 3.8) is 0 Å². The second kappa shape index (κ2) is 10.8. The molecular formula is C33H32O8. The van der Waals surface area contributed by atoms with Gasteiger partial charge in [-0.2, -0.15) is 0 Å². The summed E-state index contributed by atoms with van der Waals surface area (Å²) in [7, 11) is 4.85. The normalized spacial score (nSPS) is 21.5. The van der Waals surface area contributed by atoms with Crippen molar-refractivity contribution in [2.75, 3.05) is 28.4 Å². The second-order valence-corrected chi connectivity index (χ2v) is 10.5. The molecule has 0 spiro atoms. The van der Waals surface area contributed by atoms with E-state index in [1.807, 2.05) is 78.9 Å². The zero-order valence-corrected chi connectivity index (χ0v) is 23.4. The van der Waals surface area contributed by atoms with Crippen LogP contribution in [-0.4, -0.2) is 52.3 Å². The Morgan fingerprint density at radius 2 is 1.02 bits per heavy atom. The van der Waals surface area contributed by atoms with Crippen LogP contribution < -0.4 is 0 Å². The van der Waals surface area contributed by atoms with Gasteiger partial charge in [0.15, 0.2) is 10.8 Å². The number of rotatable bonds is 6. The molecule has 0 aromatic heterocycles. The highest BCUT2D eigenvalue weighted by Crippen LogP contribution is 2.65. The first-order chi connectivity index (χ1) is 19.8. The Kier molecular flexibility index (Phi) is 7.43. The standard InChI is InChI=1S/C33H32O8/c1-38-28(34)32(29(35)39-2)18-24(20-12-7-5-8-13-20)22-16-11-17-23-26(22)25(32)19-33(30(36)40-3,31(37)41-4)27(23)21-14-9-6-10-15-21/h5-17,24-25,27H,18-19H2,1-4H3/t24-,25-,27-/m1/s1. The van der Waals surface area contributed by atoms with E-state index in [9.17, 15) is 19.2 Å². The Balaban J connectivity index is 1.94. The summed E-state index contributed by atoms with van der Waals surface area (Å²) in [6.07, 6.45) is -0.215. The fraction of sp³-hybridized carbons (Fsp3) is 0.333. The molecule has 5 rings (SSSR count). The summed E-state index contributed by atoms with van der Waals surface area (Å²) in [6, 6.07) is 24.5. The zero-order chi connectivity index (χ0) is 29.4. The lowest BCUT2D eigenvalue weighted by Gasteiger charge is -2.52. The van der Waals surface area contributed by atoms with Crippen molar-refractivity contribution in [3.8, 4) is 0 Å². The number of esters is 4. The lowest BCUT2D eigenvalue weighted by molar-refractivity contribution is -0.181. The molecule has 0 N–H and O–H groups in total. The predicted molar refractivity (Wildman–Crippen MR) is 148 cm³/mol. The van der Waals surface area contributed by atoms with Gasteiger partial charge in [-0.15, -0.1) is 0 Å². The van der Waals surface area contributed by atoms with Crippen molar-refractivity contribution in [3.05, 3.63) is 107 Å². The molecule has 8 nitrogen and oxygen atoms in total.